The number of benzene rings is 1. The molecule has 0 saturated heterocycles. The number of ether oxygens (including phenoxy) is 1. The number of aryl methyl sites for hydroxylation is 1. The van der Waals surface area contributed by atoms with Crippen molar-refractivity contribution in [3.63, 3.8) is 0 Å². The third-order valence-corrected chi connectivity index (χ3v) is 4.22. The maximum Gasteiger partial charge on any atom is 0.341 e. The Morgan fingerprint density at radius 1 is 1.22 bits per heavy atom. The zero-order chi connectivity index (χ0) is 16.8. The number of carbonyl (C=O) groups excluding carboxylic acids is 2. The Labute approximate surface area is 138 Å². The highest BCUT2D eigenvalue weighted by molar-refractivity contribution is 7.16. The van der Waals surface area contributed by atoms with E-state index in [0.29, 0.717) is 16.1 Å². The zero-order valence-electron chi connectivity index (χ0n) is 13.0. The van der Waals surface area contributed by atoms with Crippen molar-refractivity contribution < 1.29 is 18.7 Å². The van der Waals surface area contributed by atoms with Crippen LogP contribution in [0.5, 0.6) is 0 Å². The number of rotatable bonds is 6. The summed E-state index contributed by atoms with van der Waals surface area (Å²) in [4.78, 5) is 25.3. The predicted molar refractivity (Wildman–Crippen MR) is 88.6 cm³/mol. The molecule has 0 fully saturated rings. The average Bonchev–Trinajstić information content (AvgIpc) is 2.91. The first-order valence-corrected chi connectivity index (χ1v) is 8.23. The van der Waals surface area contributed by atoms with Crippen molar-refractivity contribution in [3.8, 4) is 0 Å². The second kappa shape index (κ2) is 7.87. The van der Waals surface area contributed by atoms with Gasteiger partial charge in [-0.05, 0) is 43.7 Å². The van der Waals surface area contributed by atoms with Crippen molar-refractivity contribution in [2.24, 2.45) is 0 Å². The number of thiophene rings is 1. The molecule has 0 bridgehead atoms. The molecule has 0 saturated carbocycles. The summed E-state index contributed by atoms with van der Waals surface area (Å²) < 4.78 is 18.0. The molecule has 6 heteroatoms. The summed E-state index contributed by atoms with van der Waals surface area (Å²) in [6, 6.07) is 6.99. The Morgan fingerprint density at radius 2 is 1.91 bits per heavy atom. The van der Waals surface area contributed by atoms with Crippen LogP contribution in [0.4, 0.5) is 9.39 Å². The van der Waals surface area contributed by atoms with E-state index in [1.807, 2.05) is 6.92 Å². The first kappa shape index (κ1) is 17.1. The predicted octanol–water partition coefficient (Wildman–Crippen LogP) is 4.27. The van der Waals surface area contributed by atoms with E-state index in [-0.39, 0.29) is 12.5 Å². The van der Waals surface area contributed by atoms with Gasteiger partial charge in [0, 0.05) is 10.4 Å². The van der Waals surface area contributed by atoms with E-state index >= 15 is 0 Å². The largest absolute Gasteiger partial charge is 0.462 e. The molecule has 0 spiro atoms. The molecule has 1 N–H and O–H groups in total. The highest BCUT2D eigenvalue weighted by Gasteiger charge is 2.19. The highest BCUT2D eigenvalue weighted by atomic mass is 32.1. The first-order valence-electron chi connectivity index (χ1n) is 7.41. The van der Waals surface area contributed by atoms with Gasteiger partial charge in [0.15, 0.2) is 0 Å². The van der Waals surface area contributed by atoms with E-state index in [2.05, 4.69) is 5.32 Å². The van der Waals surface area contributed by atoms with Crippen molar-refractivity contribution in [1.82, 2.24) is 0 Å². The highest BCUT2D eigenvalue weighted by Crippen LogP contribution is 2.30. The lowest BCUT2D eigenvalue weighted by atomic mass is 10.2. The van der Waals surface area contributed by atoms with E-state index in [4.69, 9.17) is 4.74 Å². The number of hydrogen-bond acceptors (Lipinski definition) is 4. The van der Waals surface area contributed by atoms with Gasteiger partial charge in [0.1, 0.15) is 10.8 Å². The van der Waals surface area contributed by atoms with Crippen LogP contribution in [-0.2, 0) is 11.2 Å². The molecule has 4 nitrogen and oxygen atoms in total. The molecule has 0 atom stereocenters. The SMILES string of the molecule is CCCc1cc(C(=O)OCC)c(NC(=O)c2ccc(F)cc2)s1. The summed E-state index contributed by atoms with van der Waals surface area (Å²) in [5, 5.41) is 3.18. The second-order valence-electron chi connectivity index (χ2n) is 4.89. The molecule has 0 aliphatic carbocycles. The quantitative estimate of drug-likeness (QED) is 0.802. The third kappa shape index (κ3) is 4.39. The van der Waals surface area contributed by atoms with Crippen LogP contribution in [0.3, 0.4) is 0 Å². The van der Waals surface area contributed by atoms with Crippen molar-refractivity contribution in [1.29, 1.82) is 0 Å². The lowest BCUT2D eigenvalue weighted by Crippen LogP contribution is -2.14. The Hall–Kier alpha value is -2.21. The Balaban J connectivity index is 2.24. The summed E-state index contributed by atoms with van der Waals surface area (Å²) in [6.45, 7) is 4.04. The molecule has 1 amide bonds. The van der Waals surface area contributed by atoms with Gasteiger partial charge >= 0.3 is 5.97 Å². The molecule has 1 aromatic carbocycles. The van der Waals surface area contributed by atoms with E-state index in [0.717, 1.165) is 17.7 Å². The van der Waals surface area contributed by atoms with Crippen LogP contribution in [0.15, 0.2) is 30.3 Å². The van der Waals surface area contributed by atoms with Gasteiger partial charge in [-0.25, -0.2) is 9.18 Å². The molecule has 2 aromatic rings. The molecule has 1 aromatic heterocycles. The molecule has 1 heterocycles. The minimum Gasteiger partial charge on any atom is -0.462 e. The summed E-state index contributed by atoms with van der Waals surface area (Å²) in [5.74, 6) is -1.25. The fourth-order valence-corrected chi connectivity index (χ4v) is 3.18. The van der Waals surface area contributed by atoms with Crippen LogP contribution in [0, 0.1) is 5.82 Å². The van der Waals surface area contributed by atoms with Crippen molar-refractivity contribution in [2.45, 2.75) is 26.7 Å². The third-order valence-electron chi connectivity index (χ3n) is 3.11. The maximum absolute atomic E-state index is 12.9. The van der Waals surface area contributed by atoms with Crippen LogP contribution < -0.4 is 5.32 Å². The standard InChI is InChI=1S/C17H18FNO3S/c1-3-5-13-10-14(17(21)22-4-2)16(23-13)19-15(20)11-6-8-12(18)9-7-11/h6-10H,3-5H2,1-2H3,(H,19,20). The van der Waals surface area contributed by atoms with Gasteiger partial charge in [0.25, 0.3) is 5.91 Å². The Morgan fingerprint density at radius 3 is 2.52 bits per heavy atom. The normalized spacial score (nSPS) is 10.4. The van der Waals surface area contributed by atoms with Gasteiger partial charge in [-0.3, -0.25) is 4.79 Å². The molecule has 0 aliphatic rings. The molecule has 0 aliphatic heterocycles. The number of hydrogen-bond donors (Lipinski definition) is 1. The van der Waals surface area contributed by atoms with Crippen LogP contribution in [0.2, 0.25) is 0 Å². The topological polar surface area (TPSA) is 55.4 Å². The smallest absolute Gasteiger partial charge is 0.341 e. The van der Waals surface area contributed by atoms with Crippen molar-refractivity contribution >= 4 is 28.2 Å². The van der Waals surface area contributed by atoms with E-state index in [9.17, 15) is 14.0 Å². The minimum absolute atomic E-state index is 0.267. The number of anilines is 1. The number of halogens is 1. The lowest BCUT2D eigenvalue weighted by molar-refractivity contribution is 0.0528. The fourth-order valence-electron chi connectivity index (χ4n) is 2.04. The average molecular weight is 335 g/mol. The van der Waals surface area contributed by atoms with Crippen molar-refractivity contribution in [2.75, 3.05) is 11.9 Å². The number of nitrogens with one attached hydrogen (secondary N) is 1. The molecule has 2 rings (SSSR count). The Kier molecular flexibility index (Phi) is 5.87. The summed E-state index contributed by atoms with van der Waals surface area (Å²) in [5.41, 5.74) is 0.683. The second-order valence-corrected chi connectivity index (χ2v) is 6.02. The van der Waals surface area contributed by atoms with E-state index in [1.54, 1.807) is 13.0 Å². The number of amides is 1. The summed E-state index contributed by atoms with van der Waals surface area (Å²) in [6.07, 6.45) is 1.76. The van der Waals surface area contributed by atoms with Gasteiger partial charge in [0.2, 0.25) is 0 Å². The molecule has 23 heavy (non-hydrogen) atoms. The minimum atomic E-state index is -0.458. The van der Waals surface area contributed by atoms with Crippen LogP contribution in [0.25, 0.3) is 0 Å². The molecular formula is C17H18FNO3S. The molecule has 122 valence electrons. The summed E-state index contributed by atoms with van der Waals surface area (Å²) >= 11 is 1.36. The van der Waals surface area contributed by atoms with Crippen molar-refractivity contribution in [3.05, 3.63) is 52.2 Å². The van der Waals surface area contributed by atoms with Gasteiger partial charge in [-0.1, -0.05) is 13.3 Å². The molecular weight excluding hydrogens is 317 g/mol. The van der Waals surface area contributed by atoms with E-state index < -0.39 is 11.8 Å². The van der Waals surface area contributed by atoms with Crippen LogP contribution in [0.1, 0.15) is 45.9 Å². The van der Waals surface area contributed by atoms with Crippen LogP contribution in [-0.4, -0.2) is 18.5 Å². The Bertz CT molecular complexity index is 694. The number of esters is 1. The first-order chi connectivity index (χ1) is 11.0. The fraction of sp³-hybridized carbons (Fsp3) is 0.294. The monoisotopic (exact) mass is 335 g/mol. The zero-order valence-corrected chi connectivity index (χ0v) is 13.8. The van der Waals surface area contributed by atoms with Gasteiger partial charge < -0.3 is 10.1 Å². The van der Waals surface area contributed by atoms with Gasteiger partial charge in [-0.15, -0.1) is 11.3 Å². The van der Waals surface area contributed by atoms with Gasteiger partial charge in [-0.2, -0.15) is 0 Å². The maximum atomic E-state index is 12.9. The van der Waals surface area contributed by atoms with Gasteiger partial charge in [0.05, 0.1) is 12.2 Å². The van der Waals surface area contributed by atoms with E-state index in [1.165, 1.54) is 35.6 Å². The molecule has 0 unspecified atom stereocenters. The lowest BCUT2D eigenvalue weighted by Gasteiger charge is -2.06. The van der Waals surface area contributed by atoms with Crippen LogP contribution >= 0.6 is 11.3 Å². The molecule has 0 radical (unpaired) electrons. The number of carbonyl (C=O) groups is 2. The summed E-state index contributed by atoms with van der Waals surface area (Å²) in [7, 11) is 0.